The molecule has 0 spiro atoms. The number of halogens is 1. The molecule has 1 atom stereocenters. The van der Waals surface area contributed by atoms with E-state index < -0.39 is 0 Å². The lowest BCUT2D eigenvalue weighted by Crippen LogP contribution is -2.17. The topological polar surface area (TPSA) is 29.9 Å². The summed E-state index contributed by atoms with van der Waals surface area (Å²) in [5.41, 5.74) is 1.04. The van der Waals surface area contributed by atoms with Crippen LogP contribution in [0.1, 0.15) is 18.0 Å². The van der Waals surface area contributed by atoms with E-state index in [9.17, 15) is 4.39 Å². The van der Waals surface area contributed by atoms with Crippen LogP contribution in [0.5, 0.6) is 0 Å². The van der Waals surface area contributed by atoms with Crippen LogP contribution in [-0.4, -0.2) is 15.5 Å². The summed E-state index contributed by atoms with van der Waals surface area (Å²) >= 11 is 1.59. The summed E-state index contributed by atoms with van der Waals surface area (Å²) in [6, 6.07) is 7.36. The van der Waals surface area contributed by atoms with Crippen LogP contribution in [-0.2, 0) is 7.05 Å². The van der Waals surface area contributed by atoms with Gasteiger partial charge in [0.1, 0.15) is 11.6 Å². The van der Waals surface area contributed by atoms with E-state index in [0.29, 0.717) is 0 Å². The molecule has 0 fully saturated rings. The molecule has 2 heterocycles. The SMILES string of the molecule is Cn1ccc(NC2CCSc3c(F)cccc32)n1. The smallest absolute Gasteiger partial charge is 0.148 e. The number of anilines is 1. The molecule has 3 nitrogen and oxygen atoms in total. The monoisotopic (exact) mass is 263 g/mol. The molecule has 18 heavy (non-hydrogen) atoms. The Kier molecular flexibility index (Phi) is 2.99. The molecule has 2 aromatic rings. The second-order valence-electron chi connectivity index (χ2n) is 4.37. The number of hydrogen-bond donors (Lipinski definition) is 1. The van der Waals surface area contributed by atoms with Crippen molar-refractivity contribution in [3.63, 3.8) is 0 Å². The van der Waals surface area contributed by atoms with Gasteiger partial charge >= 0.3 is 0 Å². The first kappa shape index (κ1) is 11.6. The van der Waals surface area contributed by atoms with Gasteiger partial charge in [0, 0.05) is 30.0 Å². The Bertz CT molecular complexity index is 567. The van der Waals surface area contributed by atoms with Gasteiger partial charge in [-0.05, 0) is 18.1 Å². The summed E-state index contributed by atoms with van der Waals surface area (Å²) in [7, 11) is 1.88. The fraction of sp³-hybridized carbons (Fsp3) is 0.308. The molecule has 1 unspecified atom stereocenters. The molecule has 3 rings (SSSR count). The Labute approximate surface area is 109 Å². The zero-order chi connectivity index (χ0) is 12.5. The maximum Gasteiger partial charge on any atom is 0.148 e. The zero-order valence-corrected chi connectivity index (χ0v) is 10.9. The molecule has 1 aliphatic heterocycles. The maximum atomic E-state index is 13.7. The fourth-order valence-electron chi connectivity index (χ4n) is 2.21. The van der Waals surface area contributed by atoms with Crippen molar-refractivity contribution in [2.75, 3.05) is 11.1 Å². The first-order chi connectivity index (χ1) is 8.74. The number of nitrogens with one attached hydrogen (secondary N) is 1. The van der Waals surface area contributed by atoms with Crippen molar-refractivity contribution >= 4 is 17.6 Å². The van der Waals surface area contributed by atoms with Crippen LogP contribution in [0.2, 0.25) is 0 Å². The van der Waals surface area contributed by atoms with E-state index >= 15 is 0 Å². The second kappa shape index (κ2) is 4.65. The minimum Gasteiger partial charge on any atom is -0.362 e. The molecule has 1 aromatic heterocycles. The van der Waals surface area contributed by atoms with Crippen LogP contribution < -0.4 is 5.32 Å². The Morgan fingerprint density at radius 2 is 2.33 bits per heavy atom. The highest BCUT2D eigenvalue weighted by Gasteiger charge is 2.23. The van der Waals surface area contributed by atoms with E-state index in [4.69, 9.17) is 0 Å². The first-order valence-corrected chi connectivity index (χ1v) is 6.90. The average molecular weight is 263 g/mol. The van der Waals surface area contributed by atoms with Crippen molar-refractivity contribution in [1.29, 1.82) is 0 Å². The molecule has 1 N–H and O–H groups in total. The Hall–Kier alpha value is -1.49. The van der Waals surface area contributed by atoms with Gasteiger partial charge in [-0.1, -0.05) is 12.1 Å². The predicted molar refractivity (Wildman–Crippen MR) is 71.3 cm³/mol. The third kappa shape index (κ3) is 2.10. The summed E-state index contributed by atoms with van der Waals surface area (Å²) in [6.07, 6.45) is 2.88. The normalized spacial score (nSPS) is 18.4. The van der Waals surface area contributed by atoms with Crippen molar-refractivity contribution in [3.8, 4) is 0 Å². The van der Waals surface area contributed by atoms with E-state index in [0.717, 1.165) is 28.5 Å². The number of hydrogen-bond acceptors (Lipinski definition) is 3. The van der Waals surface area contributed by atoms with Gasteiger partial charge in [-0.3, -0.25) is 4.68 Å². The van der Waals surface area contributed by atoms with E-state index in [1.54, 1.807) is 22.5 Å². The van der Waals surface area contributed by atoms with Gasteiger partial charge in [-0.15, -0.1) is 11.8 Å². The van der Waals surface area contributed by atoms with Crippen LogP contribution in [0.4, 0.5) is 10.2 Å². The van der Waals surface area contributed by atoms with Crippen LogP contribution in [0, 0.1) is 5.82 Å². The highest BCUT2D eigenvalue weighted by Crippen LogP contribution is 2.39. The zero-order valence-electron chi connectivity index (χ0n) is 10.1. The van der Waals surface area contributed by atoms with Crippen LogP contribution in [0.15, 0.2) is 35.4 Å². The number of fused-ring (bicyclic) bond motifs is 1. The van der Waals surface area contributed by atoms with Crippen LogP contribution in [0.3, 0.4) is 0 Å². The van der Waals surface area contributed by atoms with Gasteiger partial charge in [0.2, 0.25) is 0 Å². The summed E-state index contributed by atoms with van der Waals surface area (Å²) < 4.78 is 15.5. The first-order valence-electron chi connectivity index (χ1n) is 5.91. The van der Waals surface area contributed by atoms with Gasteiger partial charge in [0.25, 0.3) is 0 Å². The molecule has 0 saturated heterocycles. The molecule has 0 saturated carbocycles. The molecular formula is C13H14FN3S. The average Bonchev–Trinajstić information content (AvgIpc) is 2.76. The van der Waals surface area contributed by atoms with Gasteiger partial charge in [-0.2, -0.15) is 5.10 Å². The maximum absolute atomic E-state index is 13.7. The van der Waals surface area contributed by atoms with Crippen molar-refractivity contribution < 1.29 is 4.39 Å². The lowest BCUT2D eigenvalue weighted by atomic mass is 10.0. The van der Waals surface area contributed by atoms with Crippen LogP contribution in [0.25, 0.3) is 0 Å². The van der Waals surface area contributed by atoms with Crippen molar-refractivity contribution in [2.45, 2.75) is 17.4 Å². The van der Waals surface area contributed by atoms with Crippen molar-refractivity contribution in [2.24, 2.45) is 7.05 Å². The third-order valence-corrected chi connectivity index (χ3v) is 4.22. The number of rotatable bonds is 2. The molecule has 0 amide bonds. The van der Waals surface area contributed by atoms with E-state index in [-0.39, 0.29) is 11.9 Å². The summed E-state index contributed by atoms with van der Waals surface area (Å²) in [5, 5.41) is 7.68. The Balaban J connectivity index is 1.89. The lowest BCUT2D eigenvalue weighted by Gasteiger charge is -2.26. The second-order valence-corrected chi connectivity index (χ2v) is 5.47. The highest BCUT2D eigenvalue weighted by atomic mass is 32.2. The number of nitrogens with zero attached hydrogens (tertiary/aromatic N) is 2. The summed E-state index contributed by atoms with van der Waals surface area (Å²) in [5.74, 6) is 1.65. The van der Waals surface area contributed by atoms with E-state index in [1.807, 2.05) is 25.4 Å². The molecule has 1 aromatic carbocycles. The molecular weight excluding hydrogens is 249 g/mol. The van der Waals surface area contributed by atoms with Crippen molar-refractivity contribution in [1.82, 2.24) is 9.78 Å². The van der Waals surface area contributed by atoms with Crippen molar-refractivity contribution in [3.05, 3.63) is 41.8 Å². The van der Waals surface area contributed by atoms with E-state index in [2.05, 4.69) is 10.4 Å². The number of aromatic nitrogens is 2. The molecule has 1 aliphatic rings. The predicted octanol–water partition coefficient (Wildman–Crippen LogP) is 3.21. The standard InChI is InChI=1S/C13H14FN3S/c1-17-7-5-12(16-17)15-11-6-8-18-13-9(11)3-2-4-10(13)14/h2-5,7,11H,6,8H2,1H3,(H,15,16). The van der Waals surface area contributed by atoms with Gasteiger partial charge in [0.15, 0.2) is 0 Å². The molecule has 0 aliphatic carbocycles. The highest BCUT2D eigenvalue weighted by molar-refractivity contribution is 7.99. The minimum atomic E-state index is -0.120. The van der Waals surface area contributed by atoms with Crippen LogP contribution >= 0.6 is 11.8 Å². The number of aryl methyl sites for hydroxylation is 1. The Morgan fingerprint density at radius 3 is 3.11 bits per heavy atom. The van der Waals surface area contributed by atoms with Gasteiger partial charge in [0.05, 0.1) is 6.04 Å². The third-order valence-electron chi connectivity index (χ3n) is 3.06. The number of thioether (sulfide) groups is 1. The molecule has 5 heteroatoms. The molecule has 94 valence electrons. The fourth-order valence-corrected chi connectivity index (χ4v) is 3.35. The largest absolute Gasteiger partial charge is 0.362 e. The summed E-state index contributed by atoms with van der Waals surface area (Å²) in [6.45, 7) is 0. The molecule has 0 radical (unpaired) electrons. The lowest BCUT2D eigenvalue weighted by molar-refractivity contribution is 0.584. The summed E-state index contributed by atoms with van der Waals surface area (Å²) in [4.78, 5) is 0.775. The Morgan fingerprint density at radius 1 is 1.44 bits per heavy atom. The van der Waals surface area contributed by atoms with Gasteiger partial charge < -0.3 is 5.32 Å². The van der Waals surface area contributed by atoms with E-state index in [1.165, 1.54) is 6.07 Å². The molecule has 0 bridgehead atoms. The number of benzene rings is 1. The van der Waals surface area contributed by atoms with Gasteiger partial charge in [-0.25, -0.2) is 4.39 Å². The minimum absolute atomic E-state index is 0.120. The quantitative estimate of drug-likeness (QED) is 0.902.